The summed E-state index contributed by atoms with van der Waals surface area (Å²) in [5, 5.41) is 12.7. The average molecular weight is 691 g/mol. The van der Waals surface area contributed by atoms with Gasteiger partial charge in [0.2, 0.25) is 5.91 Å². The summed E-state index contributed by atoms with van der Waals surface area (Å²) in [7, 11) is -11.2. The van der Waals surface area contributed by atoms with Gasteiger partial charge in [-0.3, -0.25) is 13.9 Å². The van der Waals surface area contributed by atoms with Gasteiger partial charge in [0, 0.05) is 29.8 Å². The fourth-order valence-electron chi connectivity index (χ4n) is 4.73. The number of nitrogens with one attached hydrogen (secondary N) is 2. The molecule has 1 aromatic carbocycles. The van der Waals surface area contributed by atoms with Gasteiger partial charge in [-0.05, 0) is 38.3 Å². The van der Waals surface area contributed by atoms with Gasteiger partial charge in [0.15, 0.2) is 0 Å². The molecule has 0 aromatic heterocycles. The summed E-state index contributed by atoms with van der Waals surface area (Å²) >= 11 is 11.8. The Bertz CT molecular complexity index is 1050. The maximum absolute atomic E-state index is 13.0. The van der Waals surface area contributed by atoms with Gasteiger partial charge < -0.3 is 35.3 Å². The molecule has 0 spiro atoms. The summed E-state index contributed by atoms with van der Waals surface area (Å²) in [5.41, 5.74) is 0.297. The van der Waals surface area contributed by atoms with E-state index in [1.165, 1.54) is 0 Å². The Hall–Kier alpha value is 1.96. The second-order valence-electron chi connectivity index (χ2n) is 9.72. The van der Waals surface area contributed by atoms with Crippen LogP contribution >= 0.6 is 38.4 Å². The molecule has 12 nitrogen and oxygen atoms in total. The van der Waals surface area contributed by atoms with E-state index in [9.17, 15) is 43.4 Å². The molecule has 1 atom stereocenters. The maximum atomic E-state index is 13.0. The first-order chi connectivity index (χ1) is 17.6. The van der Waals surface area contributed by atoms with Crippen LogP contribution in [0, 0.1) is 0 Å². The van der Waals surface area contributed by atoms with Crippen molar-refractivity contribution in [2.45, 2.75) is 62.1 Å². The predicted octanol–water partition coefficient (Wildman–Crippen LogP) is 0.693. The zero-order chi connectivity index (χ0) is 28.8. The van der Waals surface area contributed by atoms with Gasteiger partial charge in [0.05, 0.1) is 11.8 Å². The molecule has 1 aromatic rings. The predicted molar refractivity (Wildman–Crippen MR) is 168 cm³/mol. The van der Waals surface area contributed by atoms with Crippen LogP contribution in [0.5, 0.6) is 0 Å². The van der Waals surface area contributed by atoms with Crippen LogP contribution in [-0.2, 0) is 18.7 Å². The third kappa shape index (κ3) is 11.6. The second kappa shape index (κ2) is 18.9. The molecule has 2 rings (SSSR count). The van der Waals surface area contributed by atoms with Crippen molar-refractivity contribution in [3.8, 4) is 0 Å². The molecule has 0 bridgehead atoms. The summed E-state index contributed by atoms with van der Waals surface area (Å²) in [6.45, 7) is 2.34. The first-order valence-corrected chi connectivity index (χ1v) is 16.4. The van der Waals surface area contributed by atoms with Crippen LogP contribution in [0.1, 0.15) is 45.4 Å². The zero-order valence-corrected chi connectivity index (χ0v) is 24.3. The fourth-order valence-corrected chi connectivity index (χ4v) is 7.50. The topological polar surface area (TPSA) is 193 Å². The summed E-state index contributed by atoms with van der Waals surface area (Å²) < 4.78 is 23.4. The van der Waals surface area contributed by atoms with Crippen LogP contribution in [0.15, 0.2) is 24.3 Å². The third-order valence-electron chi connectivity index (χ3n) is 7.15. The van der Waals surface area contributed by atoms with Crippen LogP contribution in [0.2, 0.25) is 0 Å². The molecule has 0 heterocycles. The van der Waals surface area contributed by atoms with Crippen molar-refractivity contribution in [1.82, 2.24) is 9.80 Å². The number of benzene rings is 1. The van der Waals surface area contributed by atoms with E-state index in [0.29, 0.717) is 50.1 Å². The molecule has 7 N–H and O–H groups in total. The van der Waals surface area contributed by atoms with Crippen LogP contribution in [0.3, 0.4) is 0 Å². The number of alkyl halides is 2. The Balaban J connectivity index is 0. The van der Waals surface area contributed by atoms with Crippen LogP contribution in [0.25, 0.3) is 0 Å². The van der Waals surface area contributed by atoms with Crippen LogP contribution in [-0.4, -0.2) is 167 Å². The molecule has 1 aliphatic carbocycles. The summed E-state index contributed by atoms with van der Waals surface area (Å²) in [5.74, 6) is 0.0805. The molecule has 19 heteroatoms. The molecule has 0 saturated heterocycles. The number of carbonyl (C=O) groups excluding carboxylic acids is 2. The molecule has 222 valence electrons. The van der Waals surface area contributed by atoms with E-state index in [1.54, 1.807) is 31.2 Å². The molecule has 2 amide bonds. The summed E-state index contributed by atoms with van der Waals surface area (Å²) in [6, 6.07) is 6.15. The number of rotatable bonds is 15. The standard InChI is InChI=1S/C22H35Cl2N3O9P2.3Na.3H/c1-17(25-18-4-6-19(7-5-18)27(16-28,14-12-23)15-13-24)20(29)26-21(8-2-3-9-21)10-11-22(30,37(31,32)33)38(34,35)36;;;;;;/h4-7,16-17,25,30H,2-3,8-15H2,1H3,(H4-,26,29,31,32,33,34,35,36);;;;;;/p+1/t17-;;;;;;/m0....../s1. The molecular weight excluding hydrogens is 652 g/mol. The van der Waals surface area contributed by atoms with Crippen molar-refractivity contribution < 1.29 is 43.4 Å². The number of nitrogens with zero attached hydrogens (tertiary/aromatic N) is 1. The Morgan fingerprint density at radius 1 is 1.02 bits per heavy atom. The number of hydrogen-bond donors (Lipinski definition) is 7. The quantitative estimate of drug-likeness (QED) is 0.0453. The number of aliphatic hydroxyl groups is 1. The Morgan fingerprint density at radius 3 is 1.88 bits per heavy atom. The summed E-state index contributed by atoms with van der Waals surface area (Å²) in [6.07, 6.45) is 1.89. The molecule has 41 heavy (non-hydrogen) atoms. The van der Waals surface area contributed by atoms with E-state index in [4.69, 9.17) is 23.2 Å². The van der Waals surface area contributed by atoms with E-state index < -0.39 is 44.2 Å². The molecular formula is C22H39Cl2N3Na3O9P2+. The molecule has 1 aliphatic rings. The zero-order valence-electron chi connectivity index (χ0n) is 21.0. The first kappa shape index (κ1) is 45.1. The van der Waals surface area contributed by atoms with E-state index >= 15 is 0 Å². The minimum absolute atomic E-state index is 0. The third-order valence-corrected chi connectivity index (χ3v) is 11.4. The number of halogens is 2. The van der Waals surface area contributed by atoms with Gasteiger partial charge in [0.1, 0.15) is 24.8 Å². The Morgan fingerprint density at radius 2 is 1.49 bits per heavy atom. The van der Waals surface area contributed by atoms with E-state index in [2.05, 4.69) is 10.6 Å². The van der Waals surface area contributed by atoms with E-state index in [0.717, 1.165) is 6.41 Å². The monoisotopic (exact) mass is 690 g/mol. The normalized spacial score (nSPS) is 15.9. The van der Waals surface area contributed by atoms with Gasteiger partial charge >= 0.3 is 110 Å². The number of amides is 2. The van der Waals surface area contributed by atoms with Crippen LogP contribution in [0.4, 0.5) is 11.4 Å². The number of carbonyl (C=O) groups is 2. The molecule has 1 saturated carbocycles. The minimum atomic E-state index is -5.59. The van der Waals surface area contributed by atoms with Crippen molar-refractivity contribution in [3.05, 3.63) is 24.3 Å². The second-order valence-corrected chi connectivity index (χ2v) is 14.5. The molecule has 0 unspecified atom stereocenters. The fraction of sp³-hybridized carbons (Fsp3) is 0.636. The van der Waals surface area contributed by atoms with E-state index in [-0.39, 0.29) is 111 Å². The van der Waals surface area contributed by atoms with Crippen molar-refractivity contribution in [2.75, 3.05) is 30.2 Å². The van der Waals surface area contributed by atoms with Gasteiger partial charge in [-0.25, -0.2) is 9.28 Å². The van der Waals surface area contributed by atoms with E-state index in [1.807, 2.05) is 0 Å². The number of hydrogen-bond acceptors (Lipinski definition) is 6. The summed E-state index contributed by atoms with van der Waals surface area (Å²) in [4.78, 5) is 62.7. The van der Waals surface area contributed by atoms with Crippen molar-refractivity contribution in [1.29, 1.82) is 0 Å². The molecule has 0 aliphatic heterocycles. The average Bonchev–Trinajstić information content (AvgIpc) is 3.29. The van der Waals surface area contributed by atoms with Gasteiger partial charge in [-0.1, -0.05) is 12.8 Å². The van der Waals surface area contributed by atoms with Crippen LogP contribution < -0.4 is 15.1 Å². The number of quaternary nitrogens is 1. The molecule has 0 radical (unpaired) electrons. The van der Waals surface area contributed by atoms with Crippen molar-refractivity contribution in [3.63, 3.8) is 0 Å². The van der Waals surface area contributed by atoms with Gasteiger partial charge in [-0.15, -0.1) is 23.2 Å². The SMILES string of the molecule is C[C@H](Nc1ccc([N+](C=O)(CCCl)CCCl)cc1)C(=O)NC1(CCC(O)(P(=O)(O)O)P(=O)(O)O)CCCC1.[NaH].[NaH].[NaH]. The van der Waals surface area contributed by atoms with Crippen molar-refractivity contribution in [2.24, 2.45) is 0 Å². The number of anilines is 1. The Labute approximate surface area is 316 Å². The first-order valence-electron chi connectivity index (χ1n) is 12.1. The molecule has 1 fully saturated rings. The van der Waals surface area contributed by atoms with Gasteiger partial charge in [-0.2, -0.15) is 0 Å². The van der Waals surface area contributed by atoms with Crippen molar-refractivity contribution >= 4 is 151 Å². The Kier molecular flexibility index (Phi) is 20.8. The van der Waals surface area contributed by atoms with Gasteiger partial charge in [0.25, 0.3) is 5.08 Å².